The van der Waals surface area contributed by atoms with Crippen molar-refractivity contribution >= 4 is 0 Å². The zero-order valence-electron chi connectivity index (χ0n) is 8.80. The predicted molar refractivity (Wildman–Crippen MR) is 61.5 cm³/mol. The van der Waals surface area contributed by atoms with Crippen LogP contribution in [0.4, 0.5) is 0 Å². The Kier molecular flexibility index (Phi) is 3.29. The minimum atomic E-state index is -0.0380. The molecular formula is C13H13NO2. The van der Waals surface area contributed by atoms with E-state index in [1.54, 1.807) is 12.3 Å². The van der Waals surface area contributed by atoms with E-state index in [0.29, 0.717) is 5.69 Å². The first-order chi connectivity index (χ1) is 7.83. The Labute approximate surface area is 94.0 Å². The first-order valence-electron chi connectivity index (χ1n) is 5.09. The number of hydrogen-bond donors (Lipinski definition) is 2. The molecular weight excluding hydrogens is 202 g/mol. The van der Waals surface area contributed by atoms with Crippen LogP contribution in [0, 0.1) is 0 Å². The molecule has 1 aromatic heterocycles. The molecule has 2 N–H and O–H groups in total. The molecule has 0 radical (unpaired) electrons. The summed E-state index contributed by atoms with van der Waals surface area (Å²) in [6, 6.07) is 11.4. The van der Waals surface area contributed by atoms with Gasteiger partial charge in [0.25, 0.3) is 0 Å². The number of hydrogen-bond acceptors (Lipinski definition) is 3. The Balaban J connectivity index is 2.28. The molecule has 1 aromatic carbocycles. The number of aliphatic hydroxyl groups is 2. The minimum absolute atomic E-state index is 0.0380. The van der Waals surface area contributed by atoms with E-state index in [1.165, 1.54) is 0 Å². The third-order valence-corrected chi connectivity index (χ3v) is 2.46. The first-order valence-corrected chi connectivity index (χ1v) is 5.09. The van der Waals surface area contributed by atoms with Gasteiger partial charge in [0.2, 0.25) is 0 Å². The first kappa shape index (κ1) is 10.8. The van der Waals surface area contributed by atoms with Gasteiger partial charge in [-0.15, -0.1) is 0 Å². The Morgan fingerprint density at radius 2 is 1.50 bits per heavy atom. The highest BCUT2D eigenvalue weighted by Crippen LogP contribution is 2.19. The Morgan fingerprint density at radius 3 is 2.00 bits per heavy atom. The van der Waals surface area contributed by atoms with E-state index in [9.17, 15) is 0 Å². The quantitative estimate of drug-likeness (QED) is 0.819. The van der Waals surface area contributed by atoms with Crippen LogP contribution < -0.4 is 0 Å². The zero-order chi connectivity index (χ0) is 11.4. The van der Waals surface area contributed by atoms with Crippen molar-refractivity contribution in [3.05, 3.63) is 53.9 Å². The molecule has 0 aliphatic carbocycles. The highest BCUT2D eigenvalue weighted by molar-refractivity contribution is 5.62. The molecule has 0 atom stereocenters. The van der Waals surface area contributed by atoms with Crippen molar-refractivity contribution in [1.29, 1.82) is 0 Å². The number of nitrogens with zero attached hydrogens (tertiary/aromatic N) is 1. The van der Waals surface area contributed by atoms with Gasteiger partial charge in [-0.3, -0.25) is 4.98 Å². The molecule has 2 aromatic rings. The van der Waals surface area contributed by atoms with Crippen LogP contribution in [0.2, 0.25) is 0 Å². The van der Waals surface area contributed by atoms with Crippen molar-refractivity contribution in [1.82, 2.24) is 4.98 Å². The van der Waals surface area contributed by atoms with Crippen LogP contribution in [-0.4, -0.2) is 15.2 Å². The molecule has 0 saturated heterocycles. The van der Waals surface area contributed by atoms with E-state index < -0.39 is 0 Å². The largest absolute Gasteiger partial charge is 0.392 e. The number of aliphatic hydroxyl groups excluding tert-OH is 2. The van der Waals surface area contributed by atoms with Gasteiger partial charge in [0.05, 0.1) is 18.9 Å². The van der Waals surface area contributed by atoms with Crippen LogP contribution in [0.15, 0.2) is 42.6 Å². The van der Waals surface area contributed by atoms with Gasteiger partial charge in [-0.1, -0.05) is 30.3 Å². The Hall–Kier alpha value is -1.71. The van der Waals surface area contributed by atoms with Crippen LogP contribution in [0.25, 0.3) is 11.1 Å². The van der Waals surface area contributed by atoms with Crippen molar-refractivity contribution in [3.63, 3.8) is 0 Å². The van der Waals surface area contributed by atoms with Gasteiger partial charge in [0.1, 0.15) is 0 Å². The maximum Gasteiger partial charge on any atom is 0.0852 e. The summed E-state index contributed by atoms with van der Waals surface area (Å²) in [7, 11) is 0. The van der Waals surface area contributed by atoms with Crippen LogP contribution >= 0.6 is 0 Å². The molecule has 0 spiro atoms. The summed E-state index contributed by atoms with van der Waals surface area (Å²) in [5.74, 6) is 0. The molecule has 3 nitrogen and oxygen atoms in total. The summed E-state index contributed by atoms with van der Waals surface area (Å²) in [5.41, 5.74) is 3.61. The summed E-state index contributed by atoms with van der Waals surface area (Å²) in [4.78, 5) is 4.12. The van der Waals surface area contributed by atoms with Gasteiger partial charge in [0.15, 0.2) is 0 Å². The van der Waals surface area contributed by atoms with Crippen LogP contribution in [0.3, 0.4) is 0 Å². The molecule has 0 unspecified atom stereocenters. The third-order valence-electron chi connectivity index (χ3n) is 2.46. The highest BCUT2D eigenvalue weighted by Gasteiger charge is 1.99. The highest BCUT2D eigenvalue weighted by atomic mass is 16.3. The Bertz CT molecular complexity index is 403. The van der Waals surface area contributed by atoms with E-state index >= 15 is 0 Å². The van der Waals surface area contributed by atoms with Crippen LogP contribution in [-0.2, 0) is 13.2 Å². The lowest BCUT2D eigenvalue weighted by Crippen LogP contribution is -1.89. The van der Waals surface area contributed by atoms with Crippen molar-refractivity contribution in [2.45, 2.75) is 13.2 Å². The van der Waals surface area contributed by atoms with E-state index in [0.717, 1.165) is 16.7 Å². The van der Waals surface area contributed by atoms with Gasteiger partial charge in [-0.2, -0.15) is 0 Å². The maximum atomic E-state index is 8.93. The number of pyridine rings is 1. The second-order valence-corrected chi connectivity index (χ2v) is 3.55. The summed E-state index contributed by atoms with van der Waals surface area (Å²) in [6.07, 6.45) is 1.74. The van der Waals surface area contributed by atoms with Gasteiger partial charge in [-0.05, 0) is 17.2 Å². The summed E-state index contributed by atoms with van der Waals surface area (Å²) < 4.78 is 0. The van der Waals surface area contributed by atoms with Gasteiger partial charge in [0, 0.05) is 11.8 Å². The van der Waals surface area contributed by atoms with Crippen LogP contribution in [0.5, 0.6) is 0 Å². The molecule has 0 aliphatic rings. The zero-order valence-corrected chi connectivity index (χ0v) is 8.80. The molecule has 82 valence electrons. The topological polar surface area (TPSA) is 53.4 Å². The third kappa shape index (κ3) is 2.27. The van der Waals surface area contributed by atoms with E-state index in [4.69, 9.17) is 10.2 Å². The van der Waals surface area contributed by atoms with E-state index in [1.807, 2.05) is 30.3 Å². The predicted octanol–water partition coefficient (Wildman–Crippen LogP) is 1.73. The molecule has 0 aliphatic heterocycles. The van der Waals surface area contributed by atoms with Gasteiger partial charge < -0.3 is 10.2 Å². The van der Waals surface area contributed by atoms with Crippen LogP contribution in [0.1, 0.15) is 11.3 Å². The van der Waals surface area contributed by atoms with Crippen molar-refractivity contribution in [2.75, 3.05) is 0 Å². The van der Waals surface area contributed by atoms with E-state index in [-0.39, 0.29) is 13.2 Å². The Morgan fingerprint density at radius 1 is 0.812 bits per heavy atom. The smallest absolute Gasteiger partial charge is 0.0852 e. The van der Waals surface area contributed by atoms with Gasteiger partial charge >= 0.3 is 0 Å². The number of aromatic nitrogens is 1. The molecule has 16 heavy (non-hydrogen) atoms. The fourth-order valence-electron chi connectivity index (χ4n) is 1.49. The fraction of sp³-hybridized carbons (Fsp3) is 0.154. The molecule has 2 rings (SSSR count). The standard InChI is InChI=1S/C13H13NO2/c15-8-10-1-3-11(4-2-10)12-5-6-13(9-16)14-7-12/h1-7,15-16H,8-9H2. The molecule has 1 heterocycles. The number of rotatable bonds is 3. The molecule has 0 fully saturated rings. The lowest BCUT2D eigenvalue weighted by Gasteiger charge is -2.03. The molecule has 3 heteroatoms. The lowest BCUT2D eigenvalue weighted by molar-refractivity contribution is 0.277. The second-order valence-electron chi connectivity index (χ2n) is 3.55. The van der Waals surface area contributed by atoms with Crippen molar-refractivity contribution in [3.8, 4) is 11.1 Å². The normalized spacial score (nSPS) is 10.4. The summed E-state index contributed by atoms with van der Waals surface area (Å²) in [6.45, 7) is 0.0196. The molecule has 0 saturated carbocycles. The van der Waals surface area contributed by atoms with Crippen molar-refractivity contribution in [2.24, 2.45) is 0 Å². The average Bonchev–Trinajstić information content (AvgIpc) is 2.39. The summed E-state index contributed by atoms with van der Waals surface area (Å²) >= 11 is 0. The lowest BCUT2D eigenvalue weighted by atomic mass is 10.1. The molecule has 0 amide bonds. The average molecular weight is 215 g/mol. The second kappa shape index (κ2) is 4.88. The number of benzene rings is 1. The monoisotopic (exact) mass is 215 g/mol. The summed E-state index contributed by atoms with van der Waals surface area (Å²) in [5, 5.41) is 17.8. The fourth-order valence-corrected chi connectivity index (χ4v) is 1.49. The molecule has 0 bridgehead atoms. The minimum Gasteiger partial charge on any atom is -0.392 e. The maximum absolute atomic E-state index is 8.93. The van der Waals surface area contributed by atoms with Gasteiger partial charge in [-0.25, -0.2) is 0 Å². The van der Waals surface area contributed by atoms with E-state index in [2.05, 4.69) is 4.98 Å². The van der Waals surface area contributed by atoms with Crippen molar-refractivity contribution < 1.29 is 10.2 Å². The SMILES string of the molecule is OCc1ccc(-c2ccc(CO)nc2)cc1.